The number of piperazine rings is 1. The minimum atomic E-state index is 0.0657. The molecule has 146 valence electrons. The molecular formula is C21H28N2O4. The topological polar surface area (TPSA) is 52.2 Å². The summed E-state index contributed by atoms with van der Waals surface area (Å²) in [4.78, 5) is 2.46. The van der Waals surface area contributed by atoms with E-state index in [1.165, 1.54) is 5.56 Å². The van der Waals surface area contributed by atoms with Gasteiger partial charge in [0, 0.05) is 26.2 Å². The van der Waals surface area contributed by atoms with Crippen LogP contribution in [0.1, 0.15) is 17.2 Å². The van der Waals surface area contributed by atoms with E-state index >= 15 is 0 Å². The Morgan fingerprint density at radius 2 is 1.48 bits per heavy atom. The summed E-state index contributed by atoms with van der Waals surface area (Å²) in [5.41, 5.74) is 2.27. The molecule has 2 aromatic carbocycles. The fourth-order valence-corrected chi connectivity index (χ4v) is 3.63. The van der Waals surface area contributed by atoms with E-state index in [4.69, 9.17) is 18.9 Å². The fraction of sp³-hybridized carbons (Fsp3) is 0.429. The van der Waals surface area contributed by atoms with Crippen molar-refractivity contribution in [3.63, 3.8) is 0 Å². The van der Waals surface area contributed by atoms with E-state index in [0.29, 0.717) is 17.2 Å². The zero-order chi connectivity index (χ0) is 19.2. The van der Waals surface area contributed by atoms with Gasteiger partial charge in [-0.3, -0.25) is 4.90 Å². The van der Waals surface area contributed by atoms with Gasteiger partial charge < -0.3 is 24.3 Å². The molecule has 1 unspecified atom stereocenters. The molecule has 0 aliphatic carbocycles. The van der Waals surface area contributed by atoms with E-state index in [1.807, 2.05) is 24.3 Å². The average Bonchev–Trinajstić information content (AvgIpc) is 2.74. The third-order valence-corrected chi connectivity index (χ3v) is 4.93. The highest BCUT2D eigenvalue weighted by atomic mass is 16.5. The number of rotatable bonds is 7. The highest BCUT2D eigenvalue weighted by Gasteiger charge is 2.27. The second-order valence-electron chi connectivity index (χ2n) is 6.42. The Bertz CT molecular complexity index is 735. The van der Waals surface area contributed by atoms with Crippen LogP contribution in [0.5, 0.6) is 23.0 Å². The van der Waals surface area contributed by atoms with E-state index < -0.39 is 0 Å². The number of ether oxygens (including phenoxy) is 4. The van der Waals surface area contributed by atoms with Crippen molar-refractivity contribution in [2.24, 2.45) is 0 Å². The molecule has 0 radical (unpaired) electrons. The average molecular weight is 372 g/mol. The lowest BCUT2D eigenvalue weighted by Crippen LogP contribution is -2.45. The van der Waals surface area contributed by atoms with Crippen LogP contribution in [0.25, 0.3) is 0 Å². The molecule has 1 N–H and O–H groups in total. The summed E-state index contributed by atoms with van der Waals surface area (Å²) < 4.78 is 22.1. The summed E-state index contributed by atoms with van der Waals surface area (Å²) in [5, 5.41) is 3.42. The van der Waals surface area contributed by atoms with Crippen molar-refractivity contribution in [3.8, 4) is 23.0 Å². The van der Waals surface area contributed by atoms with Gasteiger partial charge in [0.15, 0.2) is 11.5 Å². The summed E-state index contributed by atoms with van der Waals surface area (Å²) in [7, 11) is 6.60. The van der Waals surface area contributed by atoms with E-state index in [9.17, 15) is 0 Å². The van der Waals surface area contributed by atoms with Crippen molar-refractivity contribution in [2.45, 2.75) is 6.04 Å². The van der Waals surface area contributed by atoms with Gasteiger partial charge in [-0.05, 0) is 35.4 Å². The van der Waals surface area contributed by atoms with Gasteiger partial charge in [-0.25, -0.2) is 0 Å². The van der Waals surface area contributed by atoms with Gasteiger partial charge in [0.05, 0.1) is 34.5 Å². The molecule has 1 aliphatic rings. The van der Waals surface area contributed by atoms with Crippen molar-refractivity contribution < 1.29 is 18.9 Å². The van der Waals surface area contributed by atoms with Crippen LogP contribution in [0.15, 0.2) is 36.4 Å². The zero-order valence-corrected chi connectivity index (χ0v) is 16.5. The Hall–Kier alpha value is -2.44. The molecule has 1 heterocycles. The van der Waals surface area contributed by atoms with Crippen molar-refractivity contribution in [1.29, 1.82) is 0 Å². The predicted octanol–water partition coefficient (Wildman–Crippen LogP) is 2.72. The van der Waals surface area contributed by atoms with E-state index in [0.717, 1.165) is 37.5 Å². The second-order valence-corrected chi connectivity index (χ2v) is 6.42. The first-order valence-corrected chi connectivity index (χ1v) is 9.10. The summed E-state index contributed by atoms with van der Waals surface area (Å²) in [6.45, 7) is 3.84. The summed E-state index contributed by atoms with van der Waals surface area (Å²) in [5.74, 6) is 2.78. The number of benzene rings is 2. The lowest BCUT2D eigenvalue weighted by atomic mass is 9.95. The molecule has 2 aromatic rings. The van der Waals surface area contributed by atoms with Crippen LogP contribution in [0.4, 0.5) is 0 Å². The Kier molecular flexibility index (Phi) is 6.42. The third kappa shape index (κ3) is 4.12. The first-order valence-electron chi connectivity index (χ1n) is 9.10. The molecule has 1 atom stereocenters. The molecule has 0 bridgehead atoms. The predicted molar refractivity (Wildman–Crippen MR) is 105 cm³/mol. The van der Waals surface area contributed by atoms with Gasteiger partial charge in [0.2, 0.25) is 5.75 Å². The van der Waals surface area contributed by atoms with Crippen molar-refractivity contribution in [1.82, 2.24) is 10.2 Å². The fourth-order valence-electron chi connectivity index (χ4n) is 3.63. The quantitative estimate of drug-likeness (QED) is 0.807. The van der Waals surface area contributed by atoms with Crippen LogP contribution in [0.3, 0.4) is 0 Å². The molecule has 27 heavy (non-hydrogen) atoms. The maximum absolute atomic E-state index is 5.58. The van der Waals surface area contributed by atoms with E-state index in [2.05, 4.69) is 22.3 Å². The lowest BCUT2D eigenvalue weighted by molar-refractivity contribution is 0.197. The lowest BCUT2D eigenvalue weighted by Gasteiger charge is -2.36. The number of methoxy groups -OCH3 is 4. The van der Waals surface area contributed by atoms with Gasteiger partial charge >= 0.3 is 0 Å². The highest BCUT2D eigenvalue weighted by molar-refractivity contribution is 5.55. The smallest absolute Gasteiger partial charge is 0.203 e. The largest absolute Gasteiger partial charge is 0.497 e. The SMILES string of the molecule is COc1cccc(C(c2cc(OC)c(OC)c(OC)c2)N2CCNCC2)c1. The van der Waals surface area contributed by atoms with Crippen molar-refractivity contribution in [2.75, 3.05) is 54.6 Å². The number of hydrogen-bond acceptors (Lipinski definition) is 6. The zero-order valence-electron chi connectivity index (χ0n) is 16.5. The highest BCUT2D eigenvalue weighted by Crippen LogP contribution is 2.42. The molecule has 1 saturated heterocycles. The molecule has 6 nitrogen and oxygen atoms in total. The maximum atomic E-state index is 5.58. The van der Waals surface area contributed by atoms with Gasteiger partial charge in [-0.1, -0.05) is 12.1 Å². The molecule has 0 aromatic heterocycles. The molecule has 1 aliphatic heterocycles. The molecule has 6 heteroatoms. The van der Waals surface area contributed by atoms with Crippen LogP contribution in [-0.2, 0) is 0 Å². The van der Waals surface area contributed by atoms with Crippen LogP contribution < -0.4 is 24.3 Å². The van der Waals surface area contributed by atoms with Gasteiger partial charge in [-0.15, -0.1) is 0 Å². The van der Waals surface area contributed by atoms with Gasteiger partial charge in [0.25, 0.3) is 0 Å². The monoisotopic (exact) mass is 372 g/mol. The molecule has 3 rings (SSSR count). The second kappa shape index (κ2) is 8.97. The van der Waals surface area contributed by atoms with Crippen LogP contribution in [-0.4, -0.2) is 59.5 Å². The Morgan fingerprint density at radius 3 is 2.04 bits per heavy atom. The van der Waals surface area contributed by atoms with E-state index in [-0.39, 0.29) is 6.04 Å². The molecular weight excluding hydrogens is 344 g/mol. The summed E-state index contributed by atoms with van der Waals surface area (Å²) >= 11 is 0. The minimum Gasteiger partial charge on any atom is -0.497 e. The standard InChI is InChI=1S/C21H28N2O4/c1-24-17-7-5-6-15(12-17)20(23-10-8-22-9-11-23)16-13-18(25-2)21(27-4)19(14-16)26-3/h5-7,12-14,20,22H,8-11H2,1-4H3. The first kappa shape index (κ1) is 19.3. The van der Waals surface area contributed by atoms with Gasteiger partial charge in [-0.2, -0.15) is 0 Å². The number of hydrogen-bond donors (Lipinski definition) is 1. The minimum absolute atomic E-state index is 0.0657. The van der Waals surface area contributed by atoms with Gasteiger partial charge in [0.1, 0.15) is 5.75 Å². The van der Waals surface area contributed by atoms with Crippen molar-refractivity contribution >= 4 is 0 Å². The third-order valence-electron chi connectivity index (χ3n) is 4.93. The number of nitrogens with one attached hydrogen (secondary N) is 1. The Labute approximate surface area is 161 Å². The van der Waals surface area contributed by atoms with Crippen molar-refractivity contribution in [3.05, 3.63) is 47.5 Å². The summed E-state index contributed by atoms with van der Waals surface area (Å²) in [6, 6.07) is 12.4. The molecule has 1 fully saturated rings. The Balaban J connectivity index is 2.12. The number of nitrogens with zero attached hydrogens (tertiary/aromatic N) is 1. The van der Waals surface area contributed by atoms with Crippen LogP contribution in [0, 0.1) is 0 Å². The molecule has 0 spiro atoms. The Morgan fingerprint density at radius 1 is 0.815 bits per heavy atom. The van der Waals surface area contributed by atoms with Crippen LogP contribution >= 0.6 is 0 Å². The van der Waals surface area contributed by atoms with Crippen LogP contribution in [0.2, 0.25) is 0 Å². The maximum Gasteiger partial charge on any atom is 0.203 e. The molecule has 0 amide bonds. The first-order chi connectivity index (χ1) is 13.2. The van der Waals surface area contributed by atoms with E-state index in [1.54, 1.807) is 28.4 Å². The summed E-state index contributed by atoms with van der Waals surface area (Å²) in [6.07, 6.45) is 0. The molecule has 0 saturated carbocycles. The normalized spacial score (nSPS) is 15.9.